The number of hydrogen-bond donors (Lipinski definition) is 1. The summed E-state index contributed by atoms with van der Waals surface area (Å²) in [5, 5.41) is 4.32. The van der Waals surface area contributed by atoms with Gasteiger partial charge >= 0.3 is 0 Å². The molecule has 3 rings (SSSR count). The van der Waals surface area contributed by atoms with Crippen molar-refractivity contribution in [3.63, 3.8) is 0 Å². The highest BCUT2D eigenvalue weighted by molar-refractivity contribution is 6.33. The molecule has 2 aromatic carbocycles. The number of benzene rings is 2. The molecular weight excluding hydrogens is 314 g/mol. The Bertz CT molecular complexity index is 817. The molecule has 106 valence electrons. The van der Waals surface area contributed by atoms with Crippen LogP contribution in [0.5, 0.6) is 0 Å². The van der Waals surface area contributed by atoms with E-state index in [1.807, 2.05) is 0 Å². The maximum Gasteiger partial charge on any atom is 0.230 e. The van der Waals surface area contributed by atoms with Crippen LogP contribution in [0.15, 0.2) is 47.0 Å². The lowest BCUT2D eigenvalue weighted by Gasteiger charge is -2.06. The molecular formula is C15H9Cl2FN2O. The van der Waals surface area contributed by atoms with Gasteiger partial charge in [0.1, 0.15) is 5.69 Å². The second-order valence-electron chi connectivity index (χ2n) is 4.35. The maximum absolute atomic E-state index is 14.2. The topological polar surface area (TPSA) is 52.0 Å². The second-order valence-corrected chi connectivity index (χ2v) is 5.17. The molecule has 0 unspecified atom stereocenters. The molecule has 0 saturated heterocycles. The maximum atomic E-state index is 14.2. The van der Waals surface area contributed by atoms with Crippen molar-refractivity contribution in [3.05, 3.63) is 58.3 Å². The molecule has 0 saturated carbocycles. The molecule has 0 fully saturated rings. The summed E-state index contributed by atoms with van der Waals surface area (Å²) in [6.07, 6.45) is 0. The van der Waals surface area contributed by atoms with Gasteiger partial charge in [0.05, 0.1) is 10.6 Å². The van der Waals surface area contributed by atoms with Gasteiger partial charge in [0.25, 0.3) is 0 Å². The molecule has 21 heavy (non-hydrogen) atoms. The van der Waals surface area contributed by atoms with Gasteiger partial charge in [-0.05, 0) is 18.2 Å². The van der Waals surface area contributed by atoms with Crippen LogP contribution in [0.25, 0.3) is 22.4 Å². The molecule has 0 atom stereocenters. The van der Waals surface area contributed by atoms with E-state index in [2.05, 4.69) is 5.16 Å². The SMILES string of the molecule is Nc1onc(-c2cccc(Cl)c2F)c1-c1ccccc1Cl. The van der Waals surface area contributed by atoms with E-state index in [0.717, 1.165) is 0 Å². The number of nitrogen functional groups attached to an aromatic ring is 1. The molecule has 0 radical (unpaired) electrons. The molecule has 0 bridgehead atoms. The van der Waals surface area contributed by atoms with E-state index >= 15 is 0 Å². The van der Waals surface area contributed by atoms with Gasteiger partial charge in [0.2, 0.25) is 5.88 Å². The Labute approximate surface area is 130 Å². The third-order valence-electron chi connectivity index (χ3n) is 3.07. The molecule has 0 aliphatic heterocycles. The minimum atomic E-state index is -0.583. The number of hydrogen-bond acceptors (Lipinski definition) is 3. The number of aromatic nitrogens is 1. The molecule has 3 aromatic rings. The van der Waals surface area contributed by atoms with E-state index < -0.39 is 5.82 Å². The van der Waals surface area contributed by atoms with Crippen molar-refractivity contribution in [3.8, 4) is 22.4 Å². The predicted octanol–water partition coefficient (Wildman–Crippen LogP) is 5.04. The van der Waals surface area contributed by atoms with Gasteiger partial charge in [-0.3, -0.25) is 0 Å². The van der Waals surface area contributed by atoms with Crippen LogP contribution in [0.2, 0.25) is 10.0 Å². The highest BCUT2D eigenvalue weighted by Crippen LogP contribution is 2.40. The van der Waals surface area contributed by atoms with Crippen LogP contribution in [0, 0.1) is 5.82 Å². The minimum absolute atomic E-state index is 0.000759. The first-order chi connectivity index (χ1) is 10.1. The summed E-state index contributed by atoms with van der Waals surface area (Å²) in [4.78, 5) is 0. The van der Waals surface area contributed by atoms with Crippen LogP contribution in [0.1, 0.15) is 0 Å². The van der Waals surface area contributed by atoms with Crippen molar-refractivity contribution >= 4 is 29.1 Å². The average Bonchev–Trinajstić information content (AvgIpc) is 2.84. The van der Waals surface area contributed by atoms with Crippen LogP contribution >= 0.6 is 23.2 Å². The molecule has 6 heteroatoms. The van der Waals surface area contributed by atoms with Gasteiger partial charge in [0, 0.05) is 16.1 Å². The normalized spacial score (nSPS) is 10.8. The summed E-state index contributed by atoms with van der Waals surface area (Å²) in [7, 11) is 0. The molecule has 3 nitrogen and oxygen atoms in total. The van der Waals surface area contributed by atoms with Gasteiger partial charge in [-0.2, -0.15) is 0 Å². The second kappa shape index (κ2) is 5.39. The van der Waals surface area contributed by atoms with E-state index in [1.54, 1.807) is 36.4 Å². The molecule has 2 N–H and O–H groups in total. The third-order valence-corrected chi connectivity index (χ3v) is 3.69. The van der Waals surface area contributed by atoms with E-state index in [0.29, 0.717) is 16.1 Å². The van der Waals surface area contributed by atoms with E-state index in [4.69, 9.17) is 33.5 Å². The Morgan fingerprint density at radius 3 is 2.38 bits per heavy atom. The molecule has 0 spiro atoms. The van der Waals surface area contributed by atoms with Gasteiger partial charge in [-0.15, -0.1) is 0 Å². The summed E-state index contributed by atoms with van der Waals surface area (Å²) < 4.78 is 19.2. The van der Waals surface area contributed by atoms with E-state index in [9.17, 15) is 4.39 Å². The standard InChI is InChI=1S/C15H9Cl2FN2O/c16-10-6-2-1-4-8(10)12-14(20-21-15(12)19)9-5-3-7-11(17)13(9)18/h1-7H,19H2. The smallest absolute Gasteiger partial charge is 0.230 e. The zero-order chi connectivity index (χ0) is 15.0. The Balaban J connectivity index is 2.28. The van der Waals surface area contributed by atoms with Crippen LogP contribution in [-0.2, 0) is 0 Å². The third kappa shape index (κ3) is 2.37. The van der Waals surface area contributed by atoms with E-state index in [1.165, 1.54) is 6.07 Å². The summed E-state index contributed by atoms with van der Waals surface area (Å²) in [6.45, 7) is 0. The van der Waals surface area contributed by atoms with Gasteiger partial charge in [-0.25, -0.2) is 4.39 Å². The first kappa shape index (κ1) is 13.9. The Hall–Kier alpha value is -2.04. The van der Waals surface area contributed by atoms with Crippen molar-refractivity contribution in [2.75, 3.05) is 5.73 Å². The van der Waals surface area contributed by atoms with Crippen LogP contribution in [0.4, 0.5) is 10.3 Å². The summed E-state index contributed by atoms with van der Waals surface area (Å²) in [6, 6.07) is 11.7. The Kier molecular flexibility index (Phi) is 3.57. The fraction of sp³-hybridized carbons (Fsp3) is 0. The van der Waals surface area contributed by atoms with Crippen molar-refractivity contribution < 1.29 is 8.91 Å². The van der Waals surface area contributed by atoms with Gasteiger partial charge in [0.15, 0.2) is 5.82 Å². The van der Waals surface area contributed by atoms with Crippen molar-refractivity contribution in [2.45, 2.75) is 0 Å². The van der Waals surface area contributed by atoms with E-state index in [-0.39, 0.29) is 22.2 Å². The fourth-order valence-electron chi connectivity index (χ4n) is 2.10. The highest BCUT2D eigenvalue weighted by atomic mass is 35.5. The van der Waals surface area contributed by atoms with Crippen molar-refractivity contribution in [2.24, 2.45) is 0 Å². The minimum Gasteiger partial charge on any atom is -0.367 e. The lowest BCUT2D eigenvalue weighted by Crippen LogP contribution is -1.91. The van der Waals surface area contributed by atoms with Crippen LogP contribution < -0.4 is 5.73 Å². The summed E-state index contributed by atoms with van der Waals surface area (Å²) >= 11 is 12.0. The zero-order valence-electron chi connectivity index (χ0n) is 10.6. The van der Waals surface area contributed by atoms with Gasteiger partial charge < -0.3 is 10.3 Å². The first-order valence-electron chi connectivity index (χ1n) is 6.04. The number of halogens is 3. The quantitative estimate of drug-likeness (QED) is 0.719. The first-order valence-corrected chi connectivity index (χ1v) is 6.79. The Morgan fingerprint density at radius 2 is 1.62 bits per heavy atom. The monoisotopic (exact) mass is 322 g/mol. The molecule has 0 aliphatic rings. The fourth-order valence-corrected chi connectivity index (χ4v) is 2.50. The molecule has 0 aliphatic carbocycles. The molecule has 0 amide bonds. The zero-order valence-corrected chi connectivity index (χ0v) is 12.1. The number of nitrogens with two attached hydrogens (primary N) is 1. The molecule has 1 aromatic heterocycles. The predicted molar refractivity (Wildman–Crippen MR) is 81.8 cm³/mol. The summed E-state index contributed by atoms with van der Waals surface area (Å²) in [5.41, 5.74) is 7.36. The van der Waals surface area contributed by atoms with Crippen molar-refractivity contribution in [1.29, 1.82) is 0 Å². The van der Waals surface area contributed by atoms with Crippen LogP contribution in [0.3, 0.4) is 0 Å². The van der Waals surface area contributed by atoms with Gasteiger partial charge in [-0.1, -0.05) is 52.6 Å². The Morgan fingerprint density at radius 1 is 0.952 bits per heavy atom. The lowest BCUT2D eigenvalue weighted by atomic mass is 10.0. The number of rotatable bonds is 2. The largest absolute Gasteiger partial charge is 0.367 e. The number of anilines is 1. The van der Waals surface area contributed by atoms with Crippen LogP contribution in [-0.4, -0.2) is 5.16 Å². The lowest BCUT2D eigenvalue weighted by molar-refractivity contribution is 0.439. The van der Waals surface area contributed by atoms with Crippen molar-refractivity contribution in [1.82, 2.24) is 5.16 Å². The average molecular weight is 323 g/mol. The molecule has 1 heterocycles. The number of nitrogens with zero attached hydrogens (tertiary/aromatic N) is 1. The highest BCUT2D eigenvalue weighted by Gasteiger charge is 2.22. The summed E-state index contributed by atoms with van der Waals surface area (Å²) in [5.74, 6) is -0.516.